The second kappa shape index (κ2) is 6.83. The fourth-order valence-electron chi connectivity index (χ4n) is 2.38. The van der Waals surface area contributed by atoms with Crippen LogP contribution in [0.15, 0.2) is 30.6 Å². The maximum atomic E-state index is 13.3. The molecule has 0 saturated heterocycles. The minimum Gasteiger partial charge on any atom is -0.374 e. The van der Waals surface area contributed by atoms with Crippen molar-refractivity contribution in [3.63, 3.8) is 0 Å². The van der Waals surface area contributed by atoms with Crippen LogP contribution in [0, 0.1) is 12.7 Å². The van der Waals surface area contributed by atoms with Crippen molar-refractivity contribution in [3.05, 3.63) is 53.4 Å². The number of halogens is 4. The number of carbonyl (C=O) groups is 1. The Kier molecular flexibility index (Phi) is 5.17. The van der Waals surface area contributed by atoms with Gasteiger partial charge < -0.3 is 15.0 Å². The van der Waals surface area contributed by atoms with E-state index in [-0.39, 0.29) is 6.54 Å². The van der Waals surface area contributed by atoms with E-state index in [1.54, 1.807) is 0 Å². The van der Waals surface area contributed by atoms with Crippen LogP contribution < -0.4 is 5.32 Å². The number of rotatable bonds is 5. The minimum atomic E-state index is -5.09. The molecule has 1 atom stereocenters. The number of carbonyl (C=O) groups excluding carboxylic acids is 1. The summed E-state index contributed by atoms with van der Waals surface area (Å²) in [7, 11) is 1.29. The largest absolute Gasteiger partial charge is 0.425 e. The summed E-state index contributed by atoms with van der Waals surface area (Å²) in [4.78, 5) is 15.5. The van der Waals surface area contributed by atoms with Crippen LogP contribution >= 0.6 is 0 Å². The van der Waals surface area contributed by atoms with Gasteiger partial charge in [-0.1, -0.05) is 12.1 Å². The van der Waals surface area contributed by atoms with Crippen LogP contribution in [0.2, 0.25) is 0 Å². The molecule has 0 radical (unpaired) electrons. The lowest BCUT2D eigenvalue weighted by molar-refractivity contribution is -0.271. The van der Waals surface area contributed by atoms with Gasteiger partial charge in [0.2, 0.25) is 11.5 Å². The van der Waals surface area contributed by atoms with E-state index in [4.69, 9.17) is 0 Å². The Morgan fingerprint density at radius 3 is 2.56 bits per heavy atom. The summed E-state index contributed by atoms with van der Waals surface area (Å²) < 4.78 is 54.2. The Morgan fingerprint density at radius 1 is 1.36 bits per heavy atom. The van der Waals surface area contributed by atoms with E-state index in [1.807, 2.05) is 0 Å². The van der Waals surface area contributed by atoms with Crippen molar-refractivity contribution in [2.75, 3.05) is 0 Å². The van der Waals surface area contributed by atoms with Crippen molar-refractivity contribution < 1.29 is 27.5 Å². The lowest BCUT2D eigenvalue weighted by Gasteiger charge is -2.29. The monoisotopic (exact) mass is 359 g/mol. The second-order valence-electron chi connectivity index (χ2n) is 5.76. The number of imidazole rings is 1. The molecule has 1 aromatic heterocycles. The van der Waals surface area contributed by atoms with E-state index in [1.165, 1.54) is 38.4 Å². The average molecular weight is 359 g/mol. The van der Waals surface area contributed by atoms with Gasteiger partial charge in [0, 0.05) is 26.0 Å². The predicted molar refractivity (Wildman–Crippen MR) is 80.8 cm³/mol. The molecule has 2 N–H and O–H groups in total. The van der Waals surface area contributed by atoms with Gasteiger partial charge in [-0.3, -0.25) is 4.79 Å². The quantitative estimate of drug-likeness (QED) is 0.806. The fourth-order valence-corrected chi connectivity index (χ4v) is 2.38. The van der Waals surface area contributed by atoms with Crippen LogP contribution in [-0.2, 0) is 24.0 Å². The van der Waals surface area contributed by atoms with Gasteiger partial charge in [-0.2, -0.15) is 13.2 Å². The van der Waals surface area contributed by atoms with Crippen LogP contribution in [0.25, 0.3) is 0 Å². The van der Waals surface area contributed by atoms with Crippen LogP contribution in [0.5, 0.6) is 0 Å². The first kappa shape index (κ1) is 18.9. The zero-order valence-corrected chi connectivity index (χ0v) is 13.6. The minimum absolute atomic E-state index is 0.0888. The highest BCUT2D eigenvalue weighted by Crippen LogP contribution is 2.40. The maximum Gasteiger partial charge on any atom is 0.425 e. The van der Waals surface area contributed by atoms with Crippen molar-refractivity contribution in [1.82, 2.24) is 14.9 Å². The number of amides is 1. The molecule has 0 aliphatic heterocycles. The molecule has 1 heterocycles. The number of aromatic nitrogens is 2. The van der Waals surface area contributed by atoms with Crippen LogP contribution in [-0.4, -0.2) is 26.7 Å². The summed E-state index contributed by atoms with van der Waals surface area (Å²) in [6, 6.07) is 4.10. The Balaban J connectivity index is 2.13. The van der Waals surface area contributed by atoms with Crippen molar-refractivity contribution in [3.8, 4) is 0 Å². The van der Waals surface area contributed by atoms with Gasteiger partial charge in [-0.25, -0.2) is 9.37 Å². The van der Waals surface area contributed by atoms with Gasteiger partial charge in [-0.15, -0.1) is 0 Å². The smallest absolute Gasteiger partial charge is 0.374 e. The summed E-state index contributed by atoms with van der Waals surface area (Å²) >= 11 is 0. The second-order valence-corrected chi connectivity index (χ2v) is 5.76. The molecular weight excluding hydrogens is 342 g/mol. The molecule has 0 aliphatic rings. The van der Waals surface area contributed by atoms with E-state index in [9.17, 15) is 27.5 Å². The molecule has 0 aliphatic carbocycles. The van der Waals surface area contributed by atoms with Gasteiger partial charge in [0.15, 0.2) is 5.82 Å². The number of nitrogens with one attached hydrogen (secondary N) is 1. The molecule has 1 unspecified atom stereocenters. The van der Waals surface area contributed by atoms with Gasteiger partial charge in [0.1, 0.15) is 5.82 Å². The highest BCUT2D eigenvalue weighted by molar-refractivity contribution is 5.77. The van der Waals surface area contributed by atoms with E-state index in [2.05, 4.69) is 10.3 Å². The zero-order valence-electron chi connectivity index (χ0n) is 13.6. The third kappa shape index (κ3) is 3.98. The van der Waals surface area contributed by atoms with Gasteiger partial charge in [0.25, 0.3) is 0 Å². The van der Waals surface area contributed by atoms with Crippen molar-refractivity contribution in [2.45, 2.75) is 31.7 Å². The van der Waals surface area contributed by atoms with Crippen LogP contribution in [0.4, 0.5) is 17.6 Å². The summed E-state index contributed by atoms with van der Waals surface area (Å²) in [5.41, 5.74) is -2.53. The third-order valence-corrected chi connectivity index (χ3v) is 3.79. The Hall–Kier alpha value is -2.42. The highest BCUT2D eigenvalue weighted by atomic mass is 19.4. The van der Waals surface area contributed by atoms with E-state index < -0.39 is 35.7 Å². The molecule has 25 heavy (non-hydrogen) atoms. The fraction of sp³-hybridized carbons (Fsp3) is 0.375. The Bertz CT molecular complexity index is 773. The first-order chi connectivity index (χ1) is 11.5. The van der Waals surface area contributed by atoms with Crippen LogP contribution in [0.3, 0.4) is 0 Å². The summed E-state index contributed by atoms with van der Waals surface area (Å²) in [6.07, 6.45) is -3.98. The van der Waals surface area contributed by atoms with Crippen molar-refractivity contribution >= 4 is 5.91 Å². The number of aliphatic hydroxyl groups is 1. The topological polar surface area (TPSA) is 67.2 Å². The molecule has 2 aromatic rings. The molecule has 0 saturated carbocycles. The zero-order chi connectivity index (χ0) is 18.8. The number of hydrogen-bond acceptors (Lipinski definition) is 3. The lowest BCUT2D eigenvalue weighted by Crippen LogP contribution is -2.47. The first-order valence-corrected chi connectivity index (χ1v) is 7.33. The molecule has 136 valence electrons. The molecule has 1 aromatic carbocycles. The Morgan fingerprint density at radius 2 is 2.04 bits per heavy atom. The standard InChI is InChI=1S/C16H17F4N3O2/c1-10-7-11(3-4-12(10)17)9-22-13(24)8-15(25,16(18,19)20)14-21-5-6-23(14)2/h3-7,25H,8-9H2,1-2H3,(H,22,24). The SMILES string of the molecule is Cc1cc(CNC(=O)CC(O)(c2nccn2C)C(F)(F)F)ccc1F. The molecule has 0 spiro atoms. The van der Waals surface area contributed by atoms with Crippen molar-refractivity contribution in [1.29, 1.82) is 0 Å². The van der Waals surface area contributed by atoms with Gasteiger partial charge >= 0.3 is 6.18 Å². The molecular formula is C16H17F4N3O2. The molecule has 5 nitrogen and oxygen atoms in total. The highest BCUT2D eigenvalue weighted by Gasteiger charge is 2.58. The molecule has 0 fully saturated rings. The van der Waals surface area contributed by atoms with E-state index >= 15 is 0 Å². The molecule has 1 amide bonds. The molecule has 2 rings (SSSR count). The van der Waals surface area contributed by atoms with E-state index in [0.29, 0.717) is 11.1 Å². The predicted octanol–water partition coefficient (Wildman–Crippen LogP) is 2.32. The number of nitrogens with zero attached hydrogens (tertiary/aromatic N) is 2. The lowest BCUT2D eigenvalue weighted by atomic mass is 9.97. The average Bonchev–Trinajstić information content (AvgIpc) is 2.94. The number of aryl methyl sites for hydroxylation is 2. The van der Waals surface area contributed by atoms with Gasteiger partial charge in [0.05, 0.1) is 6.42 Å². The number of benzene rings is 1. The number of hydrogen-bond donors (Lipinski definition) is 2. The van der Waals surface area contributed by atoms with Crippen LogP contribution in [0.1, 0.15) is 23.4 Å². The molecule has 0 bridgehead atoms. The first-order valence-electron chi connectivity index (χ1n) is 7.33. The van der Waals surface area contributed by atoms with Crippen molar-refractivity contribution in [2.24, 2.45) is 7.05 Å². The summed E-state index contributed by atoms with van der Waals surface area (Å²) in [6.45, 7) is 1.44. The molecule has 9 heteroatoms. The Labute approximate surface area is 141 Å². The third-order valence-electron chi connectivity index (χ3n) is 3.79. The van der Waals surface area contributed by atoms with E-state index in [0.717, 1.165) is 10.8 Å². The number of alkyl halides is 3. The summed E-state index contributed by atoms with van der Waals surface area (Å²) in [5, 5.41) is 12.4. The van der Waals surface area contributed by atoms with Gasteiger partial charge in [-0.05, 0) is 24.1 Å². The normalized spacial score (nSPS) is 14.2. The summed E-state index contributed by atoms with van der Waals surface area (Å²) in [5.74, 6) is -2.10. The maximum absolute atomic E-state index is 13.3.